The molecule has 4 nitrogen and oxygen atoms in total. The van der Waals surface area contributed by atoms with Crippen molar-refractivity contribution in [2.75, 3.05) is 6.54 Å². The van der Waals surface area contributed by atoms with E-state index in [1.54, 1.807) is 12.1 Å². The van der Waals surface area contributed by atoms with Crippen LogP contribution in [-0.2, 0) is 0 Å². The number of hydrogen-bond donors (Lipinski definition) is 0. The predicted molar refractivity (Wildman–Crippen MR) is 96.4 cm³/mol. The number of aromatic nitrogens is 1. The highest BCUT2D eigenvalue weighted by molar-refractivity contribution is 6.30. The van der Waals surface area contributed by atoms with E-state index < -0.39 is 0 Å². The van der Waals surface area contributed by atoms with Gasteiger partial charge in [0.1, 0.15) is 5.56 Å². The minimum absolute atomic E-state index is 0.0532. The van der Waals surface area contributed by atoms with Gasteiger partial charge in [0.25, 0.3) is 5.91 Å². The molecule has 4 rings (SSSR count). The van der Waals surface area contributed by atoms with E-state index in [9.17, 15) is 4.79 Å². The van der Waals surface area contributed by atoms with Crippen molar-refractivity contribution in [3.63, 3.8) is 0 Å². The van der Waals surface area contributed by atoms with Crippen LogP contribution in [0.5, 0.6) is 0 Å². The smallest absolute Gasteiger partial charge is 0.259 e. The van der Waals surface area contributed by atoms with Crippen LogP contribution < -0.4 is 0 Å². The SMILES string of the molecule is O=C(c1cnoc1-c1cccc(Cl)c1)N1CCCC1c1ccccc1. The molecule has 0 spiro atoms. The molecule has 1 aromatic heterocycles. The monoisotopic (exact) mass is 352 g/mol. The molecule has 1 aliphatic rings. The summed E-state index contributed by atoms with van der Waals surface area (Å²) < 4.78 is 5.37. The zero-order valence-electron chi connectivity index (χ0n) is 13.6. The molecular formula is C20H17ClN2O2. The summed E-state index contributed by atoms with van der Waals surface area (Å²) in [6.07, 6.45) is 3.45. The van der Waals surface area contributed by atoms with E-state index in [-0.39, 0.29) is 11.9 Å². The van der Waals surface area contributed by atoms with Crippen LogP contribution >= 0.6 is 11.6 Å². The van der Waals surface area contributed by atoms with Gasteiger partial charge >= 0.3 is 0 Å². The van der Waals surface area contributed by atoms with Crippen molar-refractivity contribution in [3.05, 3.63) is 76.9 Å². The summed E-state index contributed by atoms with van der Waals surface area (Å²) in [5.41, 5.74) is 2.39. The van der Waals surface area contributed by atoms with Crippen LogP contribution in [0, 0.1) is 0 Å². The number of carbonyl (C=O) groups excluding carboxylic acids is 1. The fraction of sp³-hybridized carbons (Fsp3) is 0.200. The van der Waals surface area contributed by atoms with Crippen molar-refractivity contribution in [2.45, 2.75) is 18.9 Å². The van der Waals surface area contributed by atoms with Gasteiger partial charge in [-0.05, 0) is 30.5 Å². The Labute approximate surface area is 151 Å². The standard InChI is InChI=1S/C20H17ClN2O2/c21-16-9-4-8-15(12-16)19-17(13-22-25-19)20(24)23-11-5-10-18(23)14-6-2-1-3-7-14/h1-4,6-9,12-13,18H,5,10-11H2. The third-order valence-electron chi connectivity index (χ3n) is 4.59. The van der Waals surface area contributed by atoms with Gasteiger partial charge in [0, 0.05) is 17.1 Å². The average molecular weight is 353 g/mol. The number of benzene rings is 2. The molecule has 0 N–H and O–H groups in total. The Morgan fingerprint density at radius 3 is 2.80 bits per heavy atom. The highest BCUT2D eigenvalue weighted by Gasteiger charge is 2.33. The first-order valence-corrected chi connectivity index (χ1v) is 8.68. The van der Waals surface area contributed by atoms with Gasteiger partial charge in [-0.25, -0.2) is 0 Å². The van der Waals surface area contributed by atoms with Crippen LogP contribution in [0.25, 0.3) is 11.3 Å². The summed E-state index contributed by atoms with van der Waals surface area (Å²) in [6.45, 7) is 0.735. The van der Waals surface area contributed by atoms with Crippen molar-refractivity contribution in [3.8, 4) is 11.3 Å². The number of rotatable bonds is 3. The number of amides is 1. The van der Waals surface area contributed by atoms with Gasteiger partial charge in [-0.1, -0.05) is 59.2 Å². The second kappa shape index (κ2) is 6.73. The maximum absolute atomic E-state index is 13.2. The van der Waals surface area contributed by atoms with Gasteiger partial charge < -0.3 is 9.42 Å². The zero-order valence-corrected chi connectivity index (χ0v) is 14.3. The lowest BCUT2D eigenvalue weighted by atomic mass is 10.0. The van der Waals surface area contributed by atoms with Crippen LogP contribution in [0.1, 0.15) is 34.8 Å². The lowest BCUT2D eigenvalue weighted by molar-refractivity contribution is 0.0736. The van der Waals surface area contributed by atoms with Gasteiger partial charge in [-0.3, -0.25) is 4.79 Å². The molecule has 5 heteroatoms. The van der Waals surface area contributed by atoms with E-state index in [1.807, 2.05) is 35.2 Å². The highest BCUT2D eigenvalue weighted by atomic mass is 35.5. The molecule has 3 aromatic rings. The van der Waals surface area contributed by atoms with Crippen molar-refractivity contribution in [1.29, 1.82) is 0 Å². The van der Waals surface area contributed by atoms with Crippen LogP contribution in [0.15, 0.2) is 65.3 Å². The van der Waals surface area contributed by atoms with Crippen molar-refractivity contribution < 1.29 is 9.32 Å². The zero-order chi connectivity index (χ0) is 17.2. The summed E-state index contributed by atoms with van der Waals surface area (Å²) in [5.74, 6) is 0.411. The lowest BCUT2D eigenvalue weighted by Gasteiger charge is -2.24. The van der Waals surface area contributed by atoms with E-state index in [0.29, 0.717) is 16.3 Å². The molecular weight excluding hydrogens is 336 g/mol. The molecule has 1 saturated heterocycles. The third kappa shape index (κ3) is 3.05. The van der Waals surface area contributed by atoms with Gasteiger partial charge in [0.15, 0.2) is 5.76 Å². The summed E-state index contributed by atoms with van der Waals surface area (Å²) in [7, 11) is 0. The summed E-state index contributed by atoms with van der Waals surface area (Å²) >= 11 is 6.07. The predicted octanol–water partition coefficient (Wildman–Crippen LogP) is 4.97. The van der Waals surface area contributed by atoms with Gasteiger partial charge in [-0.15, -0.1) is 0 Å². The number of nitrogens with zero attached hydrogens (tertiary/aromatic N) is 2. The van der Waals surface area contributed by atoms with E-state index in [4.69, 9.17) is 16.1 Å². The molecule has 1 amide bonds. The number of likely N-dealkylation sites (tertiary alicyclic amines) is 1. The molecule has 0 radical (unpaired) electrons. The fourth-order valence-electron chi connectivity index (χ4n) is 3.42. The number of halogens is 1. The first kappa shape index (κ1) is 15.9. The average Bonchev–Trinajstić information content (AvgIpc) is 3.31. The molecule has 25 heavy (non-hydrogen) atoms. The molecule has 2 heterocycles. The third-order valence-corrected chi connectivity index (χ3v) is 4.82. The Kier molecular flexibility index (Phi) is 4.28. The van der Waals surface area contributed by atoms with Gasteiger partial charge in [-0.2, -0.15) is 0 Å². The normalized spacial score (nSPS) is 17.0. The second-order valence-electron chi connectivity index (χ2n) is 6.15. The maximum atomic E-state index is 13.2. The van der Waals surface area contributed by atoms with E-state index >= 15 is 0 Å². The van der Waals surface area contributed by atoms with Crippen LogP contribution in [0.4, 0.5) is 0 Å². The number of hydrogen-bond acceptors (Lipinski definition) is 3. The molecule has 1 atom stereocenters. The first-order chi connectivity index (χ1) is 12.2. The Morgan fingerprint density at radius 2 is 2.00 bits per heavy atom. The Morgan fingerprint density at radius 1 is 1.16 bits per heavy atom. The second-order valence-corrected chi connectivity index (χ2v) is 6.58. The molecule has 2 aromatic carbocycles. The van der Waals surface area contributed by atoms with E-state index in [1.165, 1.54) is 6.20 Å². The van der Waals surface area contributed by atoms with Gasteiger partial charge in [0.2, 0.25) is 0 Å². The van der Waals surface area contributed by atoms with Crippen LogP contribution in [-0.4, -0.2) is 22.5 Å². The fourth-order valence-corrected chi connectivity index (χ4v) is 3.61. The Bertz CT molecular complexity index is 891. The molecule has 1 aliphatic heterocycles. The van der Waals surface area contributed by atoms with E-state index in [0.717, 1.165) is 30.5 Å². The largest absolute Gasteiger partial charge is 0.355 e. The summed E-state index contributed by atoms with van der Waals surface area (Å²) in [6, 6.07) is 17.5. The maximum Gasteiger partial charge on any atom is 0.259 e. The molecule has 1 unspecified atom stereocenters. The first-order valence-electron chi connectivity index (χ1n) is 8.30. The Balaban J connectivity index is 1.67. The summed E-state index contributed by atoms with van der Waals surface area (Å²) in [5, 5.41) is 4.45. The Hall–Kier alpha value is -2.59. The molecule has 0 aliphatic carbocycles. The quantitative estimate of drug-likeness (QED) is 0.668. The van der Waals surface area contributed by atoms with Crippen molar-refractivity contribution in [2.24, 2.45) is 0 Å². The molecule has 0 bridgehead atoms. The molecule has 0 saturated carbocycles. The van der Waals surface area contributed by atoms with Crippen LogP contribution in [0.2, 0.25) is 5.02 Å². The van der Waals surface area contributed by atoms with Crippen molar-refractivity contribution in [1.82, 2.24) is 10.1 Å². The van der Waals surface area contributed by atoms with Crippen molar-refractivity contribution >= 4 is 17.5 Å². The number of carbonyl (C=O) groups is 1. The lowest BCUT2D eigenvalue weighted by Crippen LogP contribution is -2.30. The molecule has 126 valence electrons. The summed E-state index contributed by atoms with van der Waals surface area (Å²) in [4.78, 5) is 15.1. The van der Waals surface area contributed by atoms with E-state index in [2.05, 4.69) is 17.3 Å². The minimum atomic E-state index is -0.0532. The van der Waals surface area contributed by atoms with Gasteiger partial charge in [0.05, 0.1) is 12.2 Å². The highest BCUT2D eigenvalue weighted by Crippen LogP contribution is 2.35. The van der Waals surface area contributed by atoms with Crippen LogP contribution in [0.3, 0.4) is 0 Å². The topological polar surface area (TPSA) is 46.3 Å². The molecule has 1 fully saturated rings. The minimum Gasteiger partial charge on any atom is -0.355 e.